The maximum absolute atomic E-state index is 12.9. The summed E-state index contributed by atoms with van der Waals surface area (Å²) in [5.74, 6) is -0.287. The van der Waals surface area contributed by atoms with Gasteiger partial charge in [0.15, 0.2) is 0 Å². The first-order valence-electron chi connectivity index (χ1n) is 9.60. The van der Waals surface area contributed by atoms with E-state index < -0.39 is 0 Å². The summed E-state index contributed by atoms with van der Waals surface area (Å²) in [6, 6.07) is 17.6. The monoisotopic (exact) mass is 436 g/mol. The van der Waals surface area contributed by atoms with Crippen LogP contribution in [0.4, 0.5) is 4.79 Å². The van der Waals surface area contributed by atoms with Crippen molar-refractivity contribution in [2.45, 2.75) is 27.3 Å². The molecule has 0 bridgehead atoms. The van der Waals surface area contributed by atoms with E-state index in [4.69, 9.17) is 11.6 Å². The van der Waals surface area contributed by atoms with Crippen LogP contribution in [0.2, 0.25) is 5.02 Å². The number of benzene rings is 2. The number of imide groups is 1. The highest BCUT2D eigenvalue weighted by atomic mass is 35.5. The summed E-state index contributed by atoms with van der Waals surface area (Å²) in [6.07, 6.45) is 1.81. The molecule has 1 aliphatic heterocycles. The van der Waals surface area contributed by atoms with E-state index in [2.05, 4.69) is 35.8 Å². The molecule has 2 heterocycles. The molecule has 4 nitrogen and oxygen atoms in total. The Labute approximate surface area is 185 Å². The van der Waals surface area contributed by atoms with Crippen LogP contribution in [0.5, 0.6) is 0 Å². The van der Waals surface area contributed by atoms with E-state index in [0.29, 0.717) is 9.93 Å². The van der Waals surface area contributed by atoms with Crippen molar-refractivity contribution in [3.8, 4) is 5.69 Å². The molecule has 1 saturated heterocycles. The zero-order valence-corrected chi connectivity index (χ0v) is 18.6. The second kappa shape index (κ2) is 8.17. The van der Waals surface area contributed by atoms with Crippen LogP contribution in [0.15, 0.2) is 59.5 Å². The molecule has 0 aliphatic carbocycles. The van der Waals surface area contributed by atoms with Crippen LogP contribution in [0, 0.1) is 20.8 Å². The minimum Gasteiger partial charge on any atom is -0.318 e. The van der Waals surface area contributed by atoms with Gasteiger partial charge < -0.3 is 4.57 Å². The van der Waals surface area contributed by atoms with E-state index in [9.17, 15) is 9.59 Å². The fraction of sp³-hybridized carbons (Fsp3) is 0.167. The lowest BCUT2D eigenvalue weighted by molar-refractivity contribution is -0.123. The highest BCUT2D eigenvalue weighted by Crippen LogP contribution is 2.35. The van der Waals surface area contributed by atoms with E-state index in [1.165, 1.54) is 10.5 Å². The maximum atomic E-state index is 12.9. The topological polar surface area (TPSA) is 42.3 Å². The van der Waals surface area contributed by atoms with E-state index >= 15 is 0 Å². The Hall–Kier alpha value is -2.76. The minimum absolute atomic E-state index is 0.171. The highest BCUT2D eigenvalue weighted by Gasteiger charge is 2.35. The van der Waals surface area contributed by atoms with Gasteiger partial charge in [-0.2, -0.15) is 0 Å². The number of rotatable bonds is 4. The van der Waals surface area contributed by atoms with Crippen molar-refractivity contribution in [2.24, 2.45) is 0 Å². The number of hydrogen-bond acceptors (Lipinski definition) is 3. The first kappa shape index (κ1) is 20.5. The predicted molar refractivity (Wildman–Crippen MR) is 123 cm³/mol. The van der Waals surface area contributed by atoms with Gasteiger partial charge in [-0.15, -0.1) is 0 Å². The van der Waals surface area contributed by atoms with Crippen molar-refractivity contribution in [1.82, 2.24) is 9.47 Å². The van der Waals surface area contributed by atoms with Crippen molar-refractivity contribution in [1.29, 1.82) is 0 Å². The number of hydrogen-bond donors (Lipinski definition) is 0. The standard InChI is InChI=1S/C24H21ClN2O2S/c1-15-8-10-20(11-9-15)27-16(2)12-19(17(27)3)13-22-23(28)26(24(29)30-22)14-18-6-4-5-7-21(18)25/h4-13H,14H2,1-3H3/b22-13-. The largest absolute Gasteiger partial charge is 0.318 e. The summed E-state index contributed by atoms with van der Waals surface area (Å²) in [5, 5.41) is 0.265. The van der Waals surface area contributed by atoms with Gasteiger partial charge in [0, 0.05) is 22.1 Å². The molecule has 1 aromatic heterocycles. The van der Waals surface area contributed by atoms with Gasteiger partial charge >= 0.3 is 0 Å². The van der Waals surface area contributed by atoms with E-state index in [1.807, 2.05) is 44.2 Å². The van der Waals surface area contributed by atoms with E-state index in [0.717, 1.165) is 40.0 Å². The summed E-state index contributed by atoms with van der Waals surface area (Å²) < 4.78 is 2.15. The maximum Gasteiger partial charge on any atom is 0.293 e. The first-order chi connectivity index (χ1) is 14.3. The Morgan fingerprint density at radius 1 is 1.00 bits per heavy atom. The molecule has 0 N–H and O–H groups in total. The normalized spacial score (nSPS) is 15.5. The van der Waals surface area contributed by atoms with Gasteiger partial charge in [0.2, 0.25) is 0 Å². The number of carbonyl (C=O) groups is 2. The molecule has 0 unspecified atom stereocenters. The molecular weight excluding hydrogens is 416 g/mol. The zero-order valence-electron chi connectivity index (χ0n) is 17.0. The van der Waals surface area contributed by atoms with Gasteiger partial charge in [-0.25, -0.2) is 0 Å². The van der Waals surface area contributed by atoms with E-state index in [-0.39, 0.29) is 17.7 Å². The van der Waals surface area contributed by atoms with Crippen LogP contribution < -0.4 is 0 Å². The van der Waals surface area contributed by atoms with Crippen LogP contribution in [0.3, 0.4) is 0 Å². The Kier molecular flexibility index (Phi) is 5.58. The van der Waals surface area contributed by atoms with Crippen molar-refractivity contribution < 1.29 is 9.59 Å². The Morgan fingerprint density at radius 3 is 2.40 bits per heavy atom. The van der Waals surface area contributed by atoms with Gasteiger partial charge in [0.1, 0.15) is 0 Å². The lowest BCUT2D eigenvalue weighted by atomic mass is 10.2. The molecular formula is C24H21ClN2O2S. The highest BCUT2D eigenvalue weighted by molar-refractivity contribution is 8.18. The molecule has 30 heavy (non-hydrogen) atoms. The minimum atomic E-state index is -0.287. The molecule has 6 heteroatoms. The lowest BCUT2D eigenvalue weighted by Gasteiger charge is -2.13. The van der Waals surface area contributed by atoms with Crippen LogP contribution in [0.25, 0.3) is 11.8 Å². The molecule has 152 valence electrons. The van der Waals surface area contributed by atoms with Crippen molar-refractivity contribution in [3.05, 3.63) is 92.6 Å². The second-order valence-corrected chi connectivity index (χ2v) is 8.76. The summed E-state index contributed by atoms with van der Waals surface area (Å²) in [7, 11) is 0. The number of aromatic nitrogens is 1. The summed E-state index contributed by atoms with van der Waals surface area (Å²) in [6.45, 7) is 6.29. The van der Waals surface area contributed by atoms with Gasteiger partial charge in [-0.3, -0.25) is 14.5 Å². The fourth-order valence-corrected chi connectivity index (χ4v) is 4.62. The molecule has 2 aromatic carbocycles. The molecule has 4 rings (SSSR count). The first-order valence-corrected chi connectivity index (χ1v) is 10.8. The summed E-state index contributed by atoms with van der Waals surface area (Å²) in [5.41, 5.74) is 6.04. The zero-order chi connectivity index (χ0) is 21.4. The lowest BCUT2D eigenvalue weighted by Crippen LogP contribution is -2.27. The van der Waals surface area contributed by atoms with Crippen LogP contribution in [0.1, 0.15) is 28.1 Å². The number of carbonyl (C=O) groups excluding carboxylic acids is 2. The van der Waals surface area contributed by atoms with E-state index in [1.54, 1.807) is 6.07 Å². The third-order valence-electron chi connectivity index (χ3n) is 5.21. The number of amides is 2. The van der Waals surface area contributed by atoms with Crippen LogP contribution in [-0.4, -0.2) is 20.6 Å². The molecule has 1 fully saturated rings. The Morgan fingerprint density at radius 2 is 1.70 bits per heavy atom. The molecule has 0 spiro atoms. The van der Waals surface area contributed by atoms with Gasteiger partial charge in [0.25, 0.3) is 11.1 Å². The predicted octanol–water partition coefficient (Wildman–Crippen LogP) is 6.29. The number of nitrogens with zero attached hydrogens (tertiary/aromatic N) is 2. The number of halogens is 1. The van der Waals surface area contributed by atoms with Crippen LogP contribution in [-0.2, 0) is 11.3 Å². The van der Waals surface area contributed by atoms with Gasteiger partial charge in [-0.05, 0) is 74.0 Å². The molecule has 0 saturated carbocycles. The molecule has 1 aliphatic rings. The third kappa shape index (κ3) is 3.83. The molecule has 0 atom stereocenters. The average Bonchev–Trinajstić information content (AvgIpc) is 3.14. The van der Waals surface area contributed by atoms with Crippen molar-refractivity contribution >= 4 is 40.6 Å². The Bertz CT molecular complexity index is 1180. The molecule has 0 radical (unpaired) electrons. The van der Waals surface area contributed by atoms with Crippen LogP contribution >= 0.6 is 23.4 Å². The third-order valence-corrected chi connectivity index (χ3v) is 6.49. The van der Waals surface area contributed by atoms with Crippen molar-refractivity contribution in [3.63, 3.8) is 0 Å². The molecule has 2 amide bonds. The second-order valence-electron chi connectivity index (χ2n) is 7.36. The number of aryl methyl sites for hydroxylation is 2. The fourth-order valence-electron chi connectivity index (χ4n) is 3.60. The summed E-state index contributed by atoms with van der Waals surface area (Å²) in [4.78, 5) is 27.1. The average molecular weight is 437 g/mol. The Balaban J connectivity index is 1.63. The quantitative estimate of drug-likeness (QED) is 0.451. The van der Waals surface area contributed by atoms with Gasteiger partial charge in [0.05, 0.1) is 11.4 Å². The van der Waals surface area contributed by atoms with Crippen molar-refractivity contribution in [2.75, 3.05) is 0 Å². The smallest absolute Gasteiger partial charge is 0.293 e. The van der Waals surface area contributed by atoms with Gasteiger partial charge in [-0.1, -0.05) is 47.5 Å². The number of thioether (sulfide) groups is 1. The summed E-state index contributed by atoms with van der Waals surface area (Å²) >= 11 is 7.17. The molecule has 3 aromatic rings. The SMILES string of the molecule is Cc1ccc(-n2c(C)cc(/C=C3\SC(=O)N(Cc4ccccc4Cl)C3=O)c2C)cc1.